The van der Waals surface area contributed by atoms with Crippen LogP contribution < -0.4 is 16.0 Å². The van der Waals surface area contributed by atoms with E-state index in [1.807, 2.05) is 30.3 Å². The van der Waals surface area contributed by atoms with E-state index in [4.69, 9.17) is 0 Å². The Balaban J connectivity index is 1.91. The molecule has 0 aromatic heterocycles. The van der Waals surface area contributed by atoms with Crippen LogP contribution in [0.5, 0.6) is 5.75 Å². The van der Waals surface area contributed by atoms with Gasteiger partial charge in [-0.1, -0.05) is 42.5 Å². The molecule has 8 heteroatoms. The summed E-state index contributed by atoms with van der Waals surface area (Å²) in [5, 5.41) is 18.1. The van der Waals surface area contributed by atoms with E-state index in [-0.39, 0.29) is 17.6 Å². The number of rotatable bonds is 13. The number of hydrogen-bond acceptors (Lipinski definition) is 5. The second kappa shape index (κ2) is 13.6. The number of amides is 2. The van der Waals surface area contributed by atoms with Crippen molar-refractivity contribution in [3.63, 3.8) is 0 Å². The fourth-order valence-electron chi connectivity index (χ4n) is 3.29. The van der Waals surface area contributed by atoms with Crippen LogP contribution in [0.2, 0.25) is 0 Å². The van der Waals surface area contributed by atoms with Gasteiger partial charge < -0.3 is 21.1 Å². The largest absolute Gasteiger partial charge is 0.508 e. The number of nitrogens with one attached hydrogen (secondary N) is 3. The number of likely N-dealkylation sites (N-methyl/N-ethyl adjacent to an activating group) is 1. The first-order valence-corrected chi connectivity index (χ1v) is 12.5. The third-order valence-electron chi connectivity index (χ3n) is 5.15. The molecule has 4 N–H and O–H groups in total. The Morgan fingerprint density at radius 1 is 0.969 bits per heavy atom. The predicted octanol–water partition coefficient (Wildman–Crippen LogP) is 1.53. The van der Waals surface area contributed by atoms with Gasteiger partial charge in [0.25, 0.3) is 0 Å². The molecule has 0 radical (unpaired) electrons. The maximum absolute atomic E-state index is 12.8. The highest BCUT2D eigenvalue weighted by Gasteiger charge is 2.25. The summed E-state index contributed by atoms with van der Waals surface area (Å²) in [7, 11) is 0.618. The Morgan fingerprint density at radius 2 is 1.66 bits per heavy atom. The van der Waals surface area contributed by atoms with Crippen molar-refractivity contribution in [2.45, 2.75) is 37.8 Å². The summed E-state index contributed by atoms with van der Waals surface area (Å²) in [6, 6.07) is 15.4. The first-order chi connectivity index (χ1) is 15.4. The summed E-state index contributed by atoms with van der Waals surface area (Å²) >= 11 is 0. The molecule has 2 aromatic rings. The van der Waals surface area contributed by atoms with Crippen LogP contribution in [0.1, 0.15) is 24.0 Å². The van der Waals surface area contributed by atoms with Gasteiger partial charge in [0.05, 0.1) is 6.04 Å². The highest BCUT2D eigenvalue weighted by Crippen LogP contribution is 2.11. The fourth-order valence-corrected chi connectivity index (χ4v) is 3.86. The zero-order chi connectivity index (χ0) is 23.3. The Kier molecular flexibility index (Phi) is 10.9. The number of aryl methyl sites for hydroxylation is 1. The minimum absolute atomic E-state index is 0.163. The number of aromatic hydroxyl groups is 1. The van der Waals surface area contributed by atoms with E-state index in [9.17, 15) is 18.9 Å². The molecule has 2 aromatic carbocycles. The average molecular weight is 460 g/mol. The van der Waals surface area contributed by atoms with E-state index in [0.717, 1.165) is 18.4 Å². The van der Waals surface area contributed by atoms with Crippen LogP contribution >= 0.6 is 0 Å². The quantitative estimate of drug-likeness (QED) is 0.340. The van der Waals surface area contributed by atoms with Crippen LogP contribution in [0.25, 0.3) is 0 Å². The molecule has 7 nitrogen and oxygen atoms in total. The van der Waals surface area contributed by atoms with Crippen LogP contribution in [0.4, 0.5) is 0 Å². The molecule has 0 saturated carbocycles. The highest BCUT2D eigenvalue weighted by atomic mass is 32.2. The van der Waals surface area contributed by atoms with Gasteiger partial charge in [0.1, 0.15) is 11.8 Å². The number of hydrogen-bond donors (Lipinski definition) is 4. The molecule has 174 valence electrons. The summed E-state index contributed by atoms with van der Waals surface area (Å²) in [6.07, 6.45) is 3.93. The average Bonchev–Trinajstić information content (AvgIpc) is 2.79. The van der Waals surface area contributed by atoms with Gasteiger partial charge in [-0.25, -0.2) is 0 Å². The van der Waals surface area contributed by atoms with E-state index in [1.165, 1.54) is 5.56 Å². The maximum atomic E-state index is 12.8. The first kappa shape index (κ1) is 25.5. The van der Waals surface area contributed by atoms with Gasteiger partial charge >= 0.3 is 0 Å². The normalized spacial score (nSPS) is 13.7. The topological polar surface area (TPSA) is 108 Å². The van der Waals surface area contributed by atoms with Crippen molar-refractivity contribution in [3.8, 4) is 5.75 Å². The lowest BCUT2D eigenvalue weighted by Gasteiger charge is -2.22. The van der Waals surface area contributed by atoms with E-state index in [0.29, 0.717) is 25.1 Å². The van der Waals surface area contributed by atoms with E-state index >= 15 is 0 Å². The highest BCUT2D eigenvalue weighted by molar-refractivity contribution is 7.84. The third-order valence-corrected chi connectivity index (χ3v) is 5.96. The van der Waals surface area contributed by atoms with Gasteiger partial charge in [-0.05, 0) is 56.0 Å². The summed E-state index contributed by atoms with van der Waals surface area (Å²) < 4.78 is 11.6. The summed E-state index contributed by atoms with van der Waals surface area (Å²) in [5.41, 5.74) is 2.09. The Hall–Kier alpha value is -2.71. The first-order valence-electron chi connectivity index (χ1n) is 10.8. The zero-order valence-corrected chi connectivity index (χ0v) is 19.5. The molecule has 0 aliphatic rings. The molecular formula is C24H33N3O4S. The van der Waals surface area contributed by atoms with Crippen LogP contribution in [0.3, 0.4) is 0 Å². The van der Waals surface area contributed by atoms with Crippen LogP contribution in [-0.4, -0.2) is 58.8 Å². The standard InChI is InChI=1S/C24H33N3O4S/c1-25-22(17-19-10-12-20(28)13-11-19)24(30)27-21(14-16-32(2)31)23(29)26-15-6-9-18-7-4-3-5-8-18/h3-5,7-8,10-13,21-22,25,28H,6,9,14-17H2,1-2H3,(H,26,29)(H,27,30)/t21-,22+,32?/m1/s1. The molecule has 0 spiro atoms. The number of benzene rings is 2. The number of phenols is 1. The molecular weight excluding hydrogens is 426 g/mol. The summed E-state index contributed by atoms with van der Waals surface area (Å²) in [5.74, 6) is -0.0797. The van der Waals surface area contributed by atoms with Crippen molar-refractivity contribution in [2.75, 3.05) is 25.6 Å². The van der Waals surface area contributed by atoms with E-state index in [2.05, 4.69) is 16.0 Å². The third kappa shape index (κ3) is 9.20. The second-order valence-electron chi connectivity index (χ2n) is 7.72. The summed E-state index contributed by atoms with van der Waals surface area (Å²) in [6.45, 7) is 0.498. The molecule has 2 amide bonds. The van der Waals surface area contributed by atoms with Crippen LogP contribution in [0.15, 0.2) is 54.6 Å². The van der Waals surface area contributed by atoms with Crippen LogP contribution in [-0.2, 0) is 33.2 Å². The Labute approximate surface area is 192 Å². The molecule has 0 aliphatic heterocycles. The smallest absolute Gasteiger partial charge is 0.242 e. The van der Waals surface area contributed by atoms with Crippen molar-refractivity contribution in [1.29, 1.82) is 0 Å². The second-order valence-corrected chi connectivity index (χ2v) is 9.27. The molecule has 32 heavy (non-hydrogen) atoms. The minimum atomic E-state index is -1.07. The Morgan fingerprint density at radius 3 is 2.28 bits per heavy atom. The van der Waals surface area contributed by atoms with Crippen molar-refractivity contribution in [1.82, 2.24) is 16.0 Å². The van der Waals surface area contributed by atoms with Crippen molar-refractivity contribution in [2.24, 2.45) is 0 Å². The molecule has 0 bridgehead atoms. The van der Waals surface area contributed by atoms with Gasteiger partial charge in [0.2, 0.25) is 11.8 Å². The van der Waals surface area contributed by atoms with Gasteiger partial charge in [-0.3, -0.25) is 13.8 Å². The molecule has 3 atom stereocenters. The lowest BCUT2D eigenvalue weighted by molar-refractivity contribution is -0.130. The molecule has 0 fully saturated rings. The summed E-state index contributed by atoms with van der Waals surface area (Å²) in [4.78, 5) is 25.6. The lowest BCUT2D eigenvalue weighted by atomic mass is 10.0. The number of carbonyl (C=O) groups is 2. The zero-order valence-electron chi connectivity index (χ0n) is 18.7. The number of phenolic OH excluding ortho intramolecular Hbond substituents is 1. The molecule has 0 aliphatic carbocycles. The predicted molar refractivity (Wildman–Crippen MR) is 128 cm³/mol. The molecule has 1 unspecified atom stereocenters. The van der Waals surface area contributed by atoms with E-state index < -0.39 is 22.9 Å². The van der Waals surface area contributed by atoms with Crippen molar-refractivity contribution >= 4 is 22.6 Å². The van der Waals surface area contributed by atoms with Crippen molar-refractivity contribution in [3.05, 3.63) is 65.7 Å². The lowest BCUT2D eigenvalue weighted by Crippen LogP contribution is -2.53. The van der Waals surface area contributed by atoms with Gasteiger partial charge in [-0.2, -0.15) is 0 Å². The fraction of sp³-hybridized carbons (Fsp3) is 0.417. The maximum Gasteiger partial charge on any atom is 0.242 e. The molecule has 2 rings (SSSR count). The van der Waals surface area contributed by atoms with Gasteiger partial charge in [0, 0.05) is 29.4 Å². The SMILES string of the molecule is CN[C@@H](Cc1ccc(O)cc1)C(=O)N[C@H](CCS(C)=O)C(=O)NCCCc1ccccc1. The van der Waals surface area contributed by atoms with E-state index in [1.54, 1.807) is 37.6 Å². The molecule has 0 heterocycles. The molecule has 0 saturated heterocycles. The number of carbonyl (C=O) groups excluding carboxylic acids is 2. The Bertz CT molecular complexity index is 875. The monoisotopic (exact) mass is 459 g/mol. The van der Waals surface area contributed by atoms with Crippen LogP contribution in [0, 0.1) is 0 Å². The minimum Gasteiger partial charge on any atom is -0.508 e. The van der Waals surface area contributed by atoms with Gasteiger partial charge in [0.15, 0.2) is 0 Å². The van der Waals surface area contributed by atoms with Gasteiger partial charge in [-0.15, -0.1) is 0 Å². The van der Waals surface area contributed by atoms with Crippen molar-refractivity contribution < 1.29 is 18.9 Å².